The Kier molecular flexibility index (Phi) is 4.95. The molecule has 1 rings (SSSR count). The number of esters is 1. The molecule has 0 saturated heterocycles. The summed E-state index contributed by atoms with van der Waals surface area (Å²) in [4.78, 5) is 11.4. The van der Waals surface area contributed by atoms with Crippen molar-refractivity contribution < 1.29 is 22.7 Å². The topological polar surface area (TPSA) is 50.1 Å². The number of hydrogen-bond acceptors (Lipinski definition) is 3. The molecule has 0 aromatic heterocycles. The van der Waals surface area contributed by atoms with E-state index in [4.69, 9.17) is 5.26 Å². The molecule has 19 heavy (non-hydrogen) atoms. The fraction of sp³-hybridized carbons (Fsp3) is 0.333. The van der Waals surface area contributed by atoms with Crippen LogP contribution in [-0.2, 0) is 22.1 Å². The number of benzene rings is 1. The number of ether oxygens (including phenoxy) is 1. The third-order valence-corrected chi connectivity index (χ3v) is 3.20. The first-order chi connectivity index (χ1) is 8.81. The predicted molar refractivity (Wildman–Crippen MR) is 64.2 cm³/mol. The van der Waals surface area contributed by atoms with Crippen molar-refractivity contribution in [2.24, 2.45) is 0 Å². The van der Waals surface area contributed by atoms with Crippen LogP contribution in [0.2, 0.25) is 0 Å². The SMILES string of the molecule is CCOC(=O)Cc1c(C(F)(F)F)ccc(C#N)c1Br. The summed E-state index contributed by atoms with van der Waals surface area (Å²) in [5, 5.41) is 8.80. The number of nitrogens with zero attached hydrogens (tertiary/aromatic N) is 1. The molecule has 0 radical (unpaired) electrons. The molecule has 0 bridgehead atoms. The van der Waals surface area contributed by atoms with E-state index in [-0.39, 0.29) is 22.2 Å². The summed E-state index contributed by atoms with van der Waals surface area (Å²) in [7, 11) is 0. The largest absolute Gasteiger partial charge is 0.466 e. The van der Waals surface area contributed by atoms with Crippen LogP contribution in [0.3, 0.4) is 0 Å². The average Bonchev–Trinajstić information content (AvgIpc) is 2.30. The van der Waals surface area contributed by atoms with Gasteiger partial charge in [-0.15, -0.1) is 0 Å². The van der Waals surface area contributed by atoms with Gasteiger partial charge in [0.2, 0.25) is 0 Å². The second-order valence-corrected chi connectivity index (χ2v) is 4.34. The smallest absolute Gasteiger partial charge is 0.416 e. The molecule has 3 nitrogen and oxygen atoms in total. The molecule has 0 amide bonds. The summed E-state index contributed by atoms with van der Waals surface area (Å²) in [5.41, 5.74) is -1.20. The normalized spacial score (nSPS) is 10.9. The molecular weight excluding hydrogens is 327 g/mol. The third kappa shape index (κ3) is 3.70. The zero-order valence-electron chi connectivity index (χ0n) is 9.84. The van der Waals surface area contributed by atoms with Crippen molar-refractivity contribution in [1.82, 2.24) is 0 Å². The molecule has 0 atom stereocenters. The monoisotopic (exact) mass is 335 g/mol. The van der Waals surface area contributed by atoms with Gasteiger partial charge in [-0.05, 0) is 40.5 Å². The highest BCUT2D eigenvalue weighted by Gasteiger charge is 2.35. The van der Waals surface area contributed by atoms with Crippen LogP contribution >= 0.6 is 15.9 Å². The van der Waals surface area contributed by atoms with Gasteiger partial charge in [0.15, 0.2) is 0 Å². The van der Waals surface area contributed by atoms with Crippen molar-refractivity contribution in [2.45, 2.75) is 19.5 Å². The Bertz CT molecular complexity index is 535. The summed E-state index contributed by atoms with van der Waals surface area (Å²) in [6, 6.07) is 3.60. The fourth-order valence-electron chi connectivity index (χ4n) is 1.50. The number of rotatable bonds is 3. The second kappa shape index (κ2) is 6.06. The summed E-state index contributed by atoms with van der Waals surface area (Å²) in [5.74, 6) is -0.774. The third-order valence-electron chi connectivity index (χ3n) is 2.30. The molecule has 7 heteroatoms. The van der Waals surface area contributed by atoms with E-state index in [1.54, 1.807) is 13.0 Å². The minimum Gasteiger partial charge on any atom is -0.466 e. The van der Waals surface area contributed by atoms with Crippen LogP contribution in [0.4, 0.5) is 13.2 Å². The molecule has 0 fully saturated rings. The number of halogens is 4. The molecule has 0 aliphatic carbocycles. The lowest BCUT2D eigenvalue weighted by Gasteiger charge is -2.14. The van der Waals surface area contributed by atoms with Crippen LogP contribution in [0.15, 0.2) is 16.6 Å². The number of alkyl halides is 3. The zero-order valence-corrected chi connectivity index (χ0v) is 11.4. The van der Waals surface area contributed by atoms with Gasteiger partial charge in [-0.2, -0.15) is 18.4 Å². The standard InChI is InChI=1S/C12H9BrF3NO2/c1-2-19-10(18)5-8-9(12(14,15)16)4-3-7(6-17)11(8)13/h3-4H,2,5H2,1H3. The summed E-state index contributed by atoms with van der Waals surface area (Å²) < 4.78 is 43.1. The van der Waals surface area contributed by atoms with Crippen molar-refractivity contribution in [3.63, 3.8) is 0 Å². The Labute approximate surface area is 116 Å². The van der Waals surface area contributed by atoms with E-state index < -0.39 is 24.1 Å². The van der Waals surface area contributed by atoms with Gasteiger partial charge in [-0.25, -0.2) is 0 Å². The lowest BCUT2D eigenvalue weighted by molar-refractivity contribution is -0.143. The van der Waals surface area contributed by atoms with Gasteiger partial charge in [-0.3, -0.25) is 4.79 Å². The maximum absolute atomic E-state index is 12.8. The quantitative estimate of drug-likeness (QED) is 0.795. The molecule has 0 aliphatic heterocycles. The van der Waals surface area contributed by atoms with E-state index in [0.717, 1.165) is 12.1 Å². The Morgan fingerprint density at radius 3 is 2.58 bits per heavy atom. The van der Waals surface area contributed by atoms with Crippen molar-refractivity contribution in [1.29, 1.82) is 5.26 Å². The molecule has 0 N–H and O–H groups in total. The molecule has 0 heterocycles. The second-order valence-electron chi connectivity index (χ2n) is 3.54. The van der Waals surface area contributed by atoms with Crippen molar-refractivity contribution >= 4 is 21.9 Å². The van der Waals surface area contributed by atoms with Gasteiger partial charge >= 0.3 is 12.1 Å². The van der Waals surface area contributed by atoms with Crippen LogP contribution in [0.25, 0.3) is 0 Å². The molecule has 0 spiro atoms. The number of hydrogen-bond donors (Lipinski definition) is 0. The van der Waals surface area contributed by atoms with E-state index in [0.29, 0.717) is 0 Å². The maximum Gasteiger partial charge on any atom is 0.416 e. The Morgan fingerprint density at radius 1 is 1.47 bits per heavy atom. The molecular formula is C12H9BrF3NO2. The summed E-state index contributed by atoms with van der Waals surface area (Å²) in [6.07, 6.45) is -5.14. The van der Waals surface area contributed by atoms with E-state index in [1.807, 2.05) is 0 Å². The lowest BCUT2D eigenvalue weighted by Crippen LogP contribution is -2.15. The van der Waals surface area contributed by atoms with Crippen molar-refractivity contribution in [2.75, 3.05) is 6.61 Å². The molecule has 0 aliphatic rings. The van der Waals surface area contributed by atoms with E-state index in [1.165, 1.54) is 0 Å². The van der Waals surface area contributed by atoms with Gasteiger partial charge in [0.1, 0.15) is 6.07 Å². The van der Waals surface area contributed by atoms with Gasteiger partial charge in [0.05, 0.1) is 24.2 Å². The first-order valence-electron chi connectivity index (χ1n) is 5.25. The van der Waals surface area contributed by atoms with Crippen molar-refractivity contribution in [3.05, 3.63) is 33.3 Å². The maximum atomic E-state index is 12.8. The minimum absolute atomic E-state index is 0.0297. The Hall–Kier alpha value is -1.55. The molecule has 0 unspecified atom stereocenters. The molecule has 1 aromatic rings. The first kappa shape index (κ1) is 15.5. The van der Waals surface area contributed by atoms with E-state index >= 15 is 0 Å². The fourth-order valence-corrected chi connectivity index (χ4v) is 2.08. The molecule has 102 valence electrons. The highest BCUT2D eigenvalue weighted by Crippen LogP contribution is 2.36. The van der Waals surface area contributed by atoms with Gasteiger partial charge in [0, 0.05) is 4.47 Å². The van der Waals surface area contributed by atoms with E-state index in [2.05, 4.69) is 20.7 Å². The van der Waals surface area contributed by atoms with E-state index in [9.17, 15) is 18.0 Å². The van der Waals surface area contributed by atoms with Gasteiger partial charge in [-0.1, -0.05) is 0 Å². The Balaban J connectivity index is 3.32. The van der Waals surface area contributed by atoms with Crippen LogP contribution in [0.1, 0.15) is 23.6 Å². The molecule has 0 saturated carbocycles. The van der Waals surface area contributed by atoms with Crippen LogP contribution in [-0.4, -0.2) is 12.6 Å². The van der Waals surface area contributed by atoms with Gasteiger partial charge in [0.25, 0.3) is 0 Å². The zero-order chi connectivity index (χ0) is 14.6. The average molecular weight is 336 g/mol. The number of carbonyl (C=O) groups is 1. The first-order valence-corrected chi connectivity index (χ1v) is 6.04. The minimum atomic E-state index is -4.60. The van der Waals surface area contributed by atoms with Crippen molar-refractivity contribution in [3.8, 4) is 6.07 Å². The van der Waals surface area contributed by atoms with Crippen LogP contribution in [0, 0.1) is 11.3 Å². The summed E-state index contributed by atoms with van der Waals surface area (Å²) >= 11 is 2.93. The summed E-state index contributed by atoms with van der Waals surface area (Å²) in [6.45, 7) is 1.64. The number of nitriles is 1. The highest BCUT2D eigenvalue weighted by atomic mass is 79.9. The highest BCUT2D eigenvalue weighted by molar-refractivity contribution is 9.10. The van der Waals surface area contributed by atoms with Gasteiger partial charge < -0.3 is 4.74 Å². The molecule has 1 aromatic carbocycles. The van der Waals surface area contributed by atoms with Crippen LogP contribution < -0.4 is 0 Å². The van der Waals surface area contributed by atoms with Crippen LogP contribution in [0.5, 0.6) is 0 Å². The number of carbonyl (C=O) groups excluding carboxylic acids is 1. The predicted octanol–water partition coefficient (Wildman–Crippen LogP) is 3.45. The Morgan fingerprint density at radius 2 is 2.11 bits per heavy atom. The lowest BCUT2D eigenvalue weighted by atomic mass is 10.0.